The zero-order valence-electron chi connectivity index (χ0n) is 15.3. The van der Waals surface area contributed by atoms with E-state index in [1.165, 1.54) is 36.0 Å². The molecule has 1 aromatic rings. The third-order valence-electron chi connectivity index (χ3n) is 4.67. The second-order valence-corrected chi connectivity index (χ2v) is 7.85. The predicted octanol–water partition coefficient (Wildman–Crippen LogP) is 4.84. The van der Waals surface area contributed by atoms with Crippen molar-refractivity contribution < 1.29 is 9.28 Å². The van der Waals surface area contributed by atoms with E-state index in [9.17, 15) is 4.79 Å². The van der Waals surface area contributed by atoms with Gasteiger partial charge in [-0.1, -0.05) is 41.1 Å². The summed E-state index contributed by atoms with van der Waals surface area (Å²) < 4.78 is 0.891. The van der Waals surface area contributed by atoms with Crippen molar-refractivity contribution in [3.8, 4) is 0 Å². The van der Waals surface area contributed by atoms with E-state index in [0.29, 0.717) is 18.7 Å². The molecule has 0 bridgehead atoms. The van der Waals surface area contributed by atoms with E-state index in [1.54, 1.807) is 0 Å². The highest BCUT2D eigenvalue weighted by atomic mass is 79.9. The average molecular weight is 383 g/mol. The summed E-state index contributed by atoms with van der Waals surface area (Å²) in [4.78, 5) is 12.7. The summed E-state index contributed by atoms with van der Waals surface area (Å²) in [6.07, 6.45) is 5.39. The Morgan fingerprint density at radius 3 is 2.30 bits per heavy atom. The maximum atomic E-state index is 12.7. The second-order valence-electron chi connectivity index (χ2n) is 7.06. The van der Waals surface area contributed by atoms with Crippen LogP contribution >= 0.6 is 15.9 Å². The Morgan fingerprint density at radius 2 is 1.74 bits per heavy atom. The molecule has 1 atom stereocenters. The van der Waals surface area contributed by atoms with Gasteiger partial charge in [0.05, 0.1) is 20.1 Å². The molecule has 23 heavy (non-hydrogen) atoms. The summed E-state index contributed by atoms with van der Waals surface area (Å²) in [7, 11) is 2.25. The molecule has 0 amide bonds. The predicted molar refractivity (Wildman–Crippen MR) is 103 cm³/mol. The number of carbonyl (C=O) groups excluding carboxylic acids is 1. The quantitative estimate of drug-likeness (QED) is 0.304. The molecule has 0 aliphatic heterocycles. The molecular formula is C20H33BrNO+. The van der Waals surface area contributed by atoms with Crippen molar-refractivity contribution in [2.75, 3.05) is 32.0 Å². The second kappa shape index (κ2) is 10.2. The van der Waals surface area contributed by atoms with Crippen molar-refractivity contribution in [3.05, 3.63) is 34.9 Å². The fourth-order valence-electron chi connectivity index (χ4n) is 3.38. The van der Waals surface area contributed by atoms with E-state index in [1.807, 2.05) is 0 Å². The van der Waals surface area contributed by atoms with E-state index >= 15 is 0 Å². The molecular weight excluding hydrogens is 350 g/mol. The minimum atomic E-state index is 0.374. The number of hydrogen-bond donors (Lipinski definition) is 0. The van der Waals surface area contributed by atoms with Gasteiger partial charge in [0.2, 0.25) is 0 Å². The van der Waals surface area contributed by atoms with Crippen LogP contribution in [-0.4, -0.2) is 42.3 Å². The average Bonchev–Trinajstić information content (AvgIpc) is 2.48. The monoisotopic (exact) mass is 382 g/mol. The number of ketones is 1. The smallest absolute Gasteiger partial charge is 0.191 e. The summed E-state index contributed by atoms with van der Waals surface area (Å²) in [5.74, 6) is 0.374. The molecule has 1 unspecified atom stereocenters. The maximum Gasteiger partial charge on any atom is 0.191 e. The van der Waals surface area contributed by atoms with Crippen molar-refractivity contribution in [2.24, 2.45) is 0 Å². The van der Waals surface area contributed by atoms with Gasteiger partial charge in [-0.25, -0.2) is 0 Å². The van der Waals surface area contributed by atoms with Crippen LogP contribution < -0.4 is 0 Å². The van der Waals surface area contributed by atoms with Crippen LogP contribution in [0.4, 0.5) is 0 Å². The third-order valence-corrected chi connectivity index (χ3v) is 5.23. The van der Waals surface area contributed by atoms with E-state index < -0.39 is 0 Å². The molecule has 0 aliphatic carbocycles. The number of quaternary nitrogens is 1. The van der Waals surface area contributed by atoms with Crippen LogP contribution in [0, 0.1) is 13.8 Å². The normalized spacial score (nSPS) is 13.8. The molecule has 2 nitrogen and oxygen atoms in total. The van der Waals surface area contributed by atoms with Gasteiger partial charge in [0.1, 0.15) is 6.54 Å². The lowest BCUT2D eigenvalue weighted by Crippen LogP contribution is -2.49. The minimum Gasteiger partial charge on any atom is -0.320 e. The first-order valence-electron chi connectivity index (χ1n) is 8.88. The number of aryl methyl sites for hydroxylation is 2. The topological polar surface area (TPSA) is 17.1 Å². The molecule has 0 saturated heterocycles. The fourth-order valence-corrected chi connectivity index (χ4v) is 3.78. The summed E-state index contributed by atoms with van der Waals surface area (Å²) in [6, 6.07) is 6.28. The summed E-state index contributed by atoms with van der Waals surface area (Å²) in [6.45, 7) is 9.29. The van der Waals surface area contributed by atoms with Gasteiger partial charge in [-0.05, 0) is 56.2 Å². The number of alkyl halides is 1. The van der Waals surface area contributed by atoms with Crippen LogP contribution in [0.3, 0.4) is 0 Å². The van der Waals surface area contributed by atoms with Crippen LogP contribution in [0.15, 0.2) is 18.2 Å². The molecule has 0 aromatic heterocycles. The molecule has 0 heterocycles. The van der Waals surface area contributed by atoms with Gasteiger partial charge in [-0.3, -0.25) is 4.79 Å². The number of hydrogen-bond acceptors (Lipinski definition) is 1. The van der Waals surface area contributed by atoms with Crippen LogP contribution in [-0.2, 0) is 11.2 Å². The maximum absolute atomic E-state index is 12.7. The standard InChI is InChI=1S/C20H33BrNO/c1-5-13-22(4,14-8-6-7-12-21)16-19(23)15-20-17(2)10-9-11-18(20)3/h9-11H,5-8,12-16H2,1-4H3/q+1. The molecule has 0 N–H and O–H groups in total. The lowest BCUT2D eigenvalue weighted by atomic mass is 9.97. The Morgan fingerprint density at radius 1 is 1.09 bits per heavy atom. The highest BCUT2D eigenvalue weighted by molar-refractivity contribution is 9.09. The van der Waals surface area contributed by atoms with Crippen LogP contribution in [0.1, 0.15) is 49.3 Å². The van der Waals surface area contributed by atoms with E-state index in [-0.39, 0.29) is 0 Å². The fraction of sp³-hybridized carbons (Fsp3) is 0.650. The van der Waals surface area contributed by atoms with Crippen LogP contribution in [0.5, 0.6) is 0 Å². The number of rotatable bonds is 11. The Bertz CT molecular complexity index is 480. The zero-order valence-corrected chi connectivity index (χ0v) is 16.9. The van der Waals surface area contributed by atoms with Crippen molar-refractivity contribution in [3.63, 3.8) is 0 Å². The summed E-state index contributed by atoms with van der Waals surface area (Å²) in [5.41, 5.74) is 3.69. The number of nitrogens with zero attached hydrogens (tertiary/aromatic N) is 1. The van der Waals surface area contributed by atoms with Gasteiger partial charge < -0.3 is 4.48 Å². The number of carbonyl (C=O) groups is 1. The van der Waals surface area contributed by atoms with Crippen LogP contribution in [0.25, 0.3) is 0 Å². The summed E-state index contributed by atoms with van der Waals surface area (Å²) in [5, 5.41) is 1.08. The molecule has 3 heteroatoms. The number of likely N-dealkylation sites (N-methyl/N-ethyl adjacent to an activating group) is 1. The number of halogens is 1. The van der Waals surface area contributed by atoms with Gasteiger partial charge in [-0.2, -0.15) is 0 Å². The lowest BCUT2D eigenvalue weighted by Gasteiger charge is -2.34. The first-order chi connectivity index (χ1) is 10.9. The number of Topliss-reactive ketones (excluding diaryl/α,β-unsaturated/α-hetero) is 1. The molecule has 0 aliphatic rings. The van der Waals surface area contributed by atoms with Gasteiger partial charge in [0, 0.05) is 11.8 Å². The molecule has 0 saturated carbocycles. The van der Waals surface area contributed by atoms with Crippen molar-refractivity contribution in [2.45, 2.75) is 52.9 Å². The molecule has 0 fully saturated rings. The Balaban J connectivity index is 2.66. The van der Waals surface area contributed by atoms with Gasteiger partial charge in [-0.15, -0.1) is 0 Å². The molecule has 1 rings (SSSR count). The Labute approximate surface area is 151 Å². The Hall–Kier alpha value is -0.670. The summed E-state index contributed by atoms with van der Waals surface area (Å²) >= 11 is 3.49. The first-order valence-corrected chi connectivity index (χ1v) is 10.0. The molecule has 0 spiro atoms. The van der Waals surface area contributed by atoms with E-state index in [2.05, 4.69) is 61.9 Å². The van der Waals surface area contributed by atoms with Crippen molar-refractivity contribution >= 4 is 21.7 Å². The highest BCUT2D eigenvalue weighted by Gasteiger charge is 2.24. The molecule has 1 aromatic carbocycles. The molecule has 130 valence electrons. The number of benzene rings is 1. The van der Waals surface area contributed by atoms with Crippen LogP contribution in [0.2, 0.25) is 0 Å². The van der Waals surface area contributed by atoms with Crippen molar-refractivity contribution in [1.29, 1.82) is 0 Å². The first kappa shape index (κ1) is 20.4. The van der Waals surface area contributed by atoms with Crippen molar-refractivity contribution in [1.82, 2.24) is 0 Å². The third kappa shape index (κ3) is 7.17. The minimum absolute atomic E-state index is 0.374. The largest absolute Gasteiger partial charge is 0.320 e. The SMILES string of the molecule is CCC[N+](C)(CCCCCBr)CC(=O)Cc1c(C)cccc1C. The van der Waals surface area contributed by atoms with Gasteiger partial charge >= 0.3 is 0 Å². The van der Waals surface area contributed by atoms with E-state index in [4.69, 9.17) is 0 Å². The molecule has 0 radical (unpaired) electrons. The van der Waals surface area contributed by atoms with E-state index in [0.717, 1.165) is 29.3 Å². The zero-order chi connectivity index (χ0) is 17.3. The van der Waals surface area contributed by atoms with Gasteiger partial charge in [0.25, 0.3) is 0 Å². The number of unbranched alkanes of at least 4 members (excludes halogenated alkanes) is 2. The lowest BCUT2D eigenvalue weighted by molar-refractivity contribution is -0.902. The van der Waals surface area contributed by atoms with Gasteiger partial charge in [0.15, 0.2) is 5.78 Å². The Kier molecular flexibility index (Phi) is 9.08. The highest BCUT2D eigenvalue weighted by Crippen LogP contribution is 2.16.